The Kier molecular flexibility index (Phi) is 9.01. The maximum absolute atomic E-state index is 11.9. The lowest BCUT2D eigenvalue weighted by Crippen LogP contribution is -2.56. The van der Waals surface area contributed by atoms with Crippen LogP contribution >= 0.6 is 0 Å². The number of nitrogens with zero attached hydrogens (tertiary/aromatic N) is 5. The molecule has 0 aromatic heterocycles. The monoisotopic (exact) mass is 429 g/mol. The molecule has 2 N–H and O–H groups in total. The number of rotatable bonds is 7. The molecule has 1 aromatic rings. The van der Waals surface area contributed by atoms with E-state index in [1.54, 1.807) is 0 Å². The summed E-state index contributed by atoms with van der Waals surface area (Å²) < 4.78 is 0. The van der Waals surface area contributed by atoms with Crippen molar-refractivity contribution in [1.82, 2.24) is 9.80 Å². The van der Waals surface area contributed by atoms with Crippen molar-refractivity contribution in [3.63, 3.8) is 0 Å². The summed E-state index contributed by atoms with van der Waals surface area (Å²) >= 11 is 0. The van der Waals surface area contributed by atoms with Gasteiger partial charge >= 0.3 is 11.4 Å². The standard InChI is InChI=1S/C10H20N2O2.C6H3N3O7/c1-3-11-6-7-12(4-2)10(14)9(11)5-8-13;10-6-4(8(13)14)1-3(7(11)12)2-5(6)9(15)16/h9,13H,3-8H2,1-2H3;1-2,10H. The van der Waals surface area contributed by atoms with Crippen LogP contribution in [0.4, 0.5) is 17.1 Å². The van der Waals surface area contributed by atoms with Gasteiger partial charge in [0.15, 0.2) is 0 Å². The Morgan fingerprint density at radius 1 is 1.00 bits per heavy atom. The summed E-state index contributed by atoms with van der Waals surface area (Å²) in [5.74, 6) is -1.03. The second-order valence-electron chi connectivity index (χ2n) is 6.18. The number of hydrogen-bond acceptors (Lipinski definition) is 10. The number of amides is 1. The molecule has 0 aliphatic carbocycles. The van der Waals surface area contributed by atoms with E-state index in [-0.39, 0.29) is 18.6 Å². The highest BCUT2D eigenvalue weighted by Gasteiger charge is 2.32. The fourth-order valence-corrected chi connectivity index (χ4v) is 2.98. The van der Waals surface area contributed by atoms with E-state index in [1.807, 2.05) is 11.8 Å². The zero-order valence-electron chi connectivity index (χ0n) is 16.5. The quantitative estimate of drug-likeness (QED) is 0.467. The Hall–Kier alpha value is -3.39. The largest absolute Gasteiger partial charge is 0.497 e. The van der Waals surface area contributed by atoms with Gasteiger partial charge in [-0.3, -0.25) is 40.0 Å². The summed E-state index contributed by atoms with van der Waals surface area (Å²) in [4.78, 5) is 43.7. The van der Waals surface area contributed by atoms with Gasteiger partial charge in [-0.25, -0.2) is 0 Å². The average Bonchev–Trinajstić information content (AvgIpc) is 2.69. The molecule has 1 unspecified atom stereocenters. The molecule has 1 aliphatic rings. The number of phenols is 1. The van der Waals surface area contributed by atoms with Crippen molar-refractivity contribution in [3.05, 3.63) is 42.5 Å². The third kappa shape index (κ3) is 5.81. The van der Waals surface area contributed by atoms with Gasteiger partial charge in [-0.15, -0.1) is 0 Å². The van der Waals surface area contributed by atoms with Gasteiger partial charge in [-0.1, -0.05) is 6.92 Å². The molecular formula is C16H23N5O9. The van der Waals surface area contributed by atoms with Gasteiger partial charge in [0.25, 0.3) is 11.4 Å². The summed E-state index contributed by atoms with van der Waals surface area (Å²) in [6.45, 7) is 7.55. The Bertz CT molecular complexity index is 781. The van der Waals surface area contributed by atoms with E-state index in [0.29, 0.717) is 18.6 Å². The smallest absolute Gasteiger partial charge is 0.324 e. The average molecular weight is 429 g/mol. The van der Waals surface area contributed by atoms with Crippen molar-refractivity contribution < 1.29 is 29.8 Å². The Morgan fingerprint density at radius 2 is 1.53 bits per heavy atom. The molecule has 1 fully saturated rings. The molecule has 1 heterocycles. The molecule has 166 valence electrons. The Balaban J connectivity index is 0.000000303. The molecule has 30 heavy (non-hydrogen) atoms. The van der Waals surface area contributed by atoms with Crippen LogP contribution in [0.5, 0.6) is 5.75 Å². The predicted octanol–water partition coefficient (Wildman–Crippen LogP) is 1.04. The van der Waals surface area contributed by atoms with Crippen molar-refractivity contribution in [2.75, 3.05) is 32.8 Å². The number of aliphatic hydroxyl groups is 1. The van der Waals surface area contributed by atoms with Crippen molar-refractivity contribution in [3.8, 4) is 5.75 Å². The van der Waals surface area contributed by atoms with Crippen LogP contribution in [0.1, 0.15) is 20.3 Å². The van der Waals surface area contributed by atoms with Gasteiger partial charge in [0.2, 0.25) is 5.91 Å². The van der Waals surface area contributed by atoms with Crippen molar-refractivity contribution in [2.45, 2.75) is 26.3 Å². The lowest BCUT2D eigenvalue weighted by atomic mass is 10.1. The maximum Gasteiger partial charge on any atom is 0.324 e. The van der Waals surface area contributed by atoms with Gasteiger partial charge in [-0.2, -0.15) is 0 Å². The van der Waals surface area contributed by atoms with Crippen LogP contribution in [0, 0.1) is 30.3 Å². The van der Waals surface area contributed by atoms with Gasteiger partial charge in [-0.05, 0) is 19.9 Å². The first-order valence-corrected chi connectivity index (χ1v) is 9.02. The van der Waals surface area contributed by atoms with E-state index in [1.165, 1.54) is 0 Å². The lowest BCUT2D eigenvalue weighted by Gasteiger charge is -2.39. The molecular weight excluding hydrogens is 406 g/mol. The molecule has 1 atom stereocenters. The van der Waals surface area contributed by atoms with Gasteiger partial charge in [0, 0.05) is 26.2 Å². The first kappa shape index (κ1) is 24.6. The zero-order valence-corrected chi connectivity index (χ0v) is 16.5. The normalized spacial score (nSPS) is 16.6. The fourth-order valence-electron chi connectivity index (χ4n) is 2.98. The second-order valence-corrected chi connectivity index (χ2v) is 6.18. The minimum atomic E-state index is -1.21. The second kappa shape index (κ2) is 11.0. The van der Waals surface area contributed by atoms with Gasteiger partial charge in [0.1, 0.15) is 0 Å². The van der Waals surface area contributed by atoms with Crippen LogP contribution in [0.15, 0.2) is 12.1 Å². The van der Waals surface area contributed by atoms with Crippen molar-refractivity contribution >= 4 is 23.0 Å². The molecule has 1 aliphatic heterocycles. The number of benzene rings is 1. The van der Waals surface area contributed by atoms with Crippen LogP contribution in [0.2, 0.25) is 0 Å². The molecule has 0 saturated carbocycles. The number of phenolic OH excluding ortho intramolecular Hbond substituents is 1. The van der Waals surface area contributed by atoms with Crippen LogP contribution in [-0.4, -0.2) is 79.5 Å². The van der Waals surface area contributed by atoms with Crippen molar-refractivity contribution in [1.29, 1.82) is 0 Å². The SMILES string of the molecule is CCN1CCN(CC)C(CCO)C1=O.O=[N+]([O-])c1cc([N+](=O)[O-])c(O)c([N+](=O)[O-])c1. The number of carbonyl (C=O) groups excluding carboxylic acids is 1. The van der Waals surface area contributed by atoms with E-state index in [2.05, 4.69) is 11.8 Å². The third-order valence-electron chi connectivity index (χ3n) is 4.54. The van der Waals surface area contributed by atoms with Gasteiger partial charge in [0.05, 0.1) is 32.9 Å². The van der Waals surface area contributed by atoms with E-state index in [4.69, 9.17) is 10.2 Å². The highest BCUT2D eigenvalue weighted by molar-refractivity contribution is 5.82. The van der Waals surface area contributed by atoms with E-state index >= 15 is 0 Å². The molecule has 0 radical (unpaired) electrons. The number of likely N-dealkylation sites (N-methyl/N-ethyl adjacent to an activating group) is 2. The maximum atomic E-state index is 11.9. The minimum absolute atomic E-state index is 0.0878. The molecule has 0 bridgehead atoms. The molecule has 1 amide bonds. The number of carbonyl (C=O) groups is 1. The topological polar surface area (TPSA) is 193 Å². The molecule has 1 saturated heterocycles. The first-order chi connectivity index (χ1) is 14.1. The number of non-ortho nitro benzene ring substituents is 1. The third-order valence-corrected chi connectivity index (χ3v) is 4.54. The molecule has 14 nitrogen and oxygen atoms in total. The number of hydrogen-bond donors (Lipinski definition) is 2. The van der Waals surface area contributed by atoms with Crippen LogP contribution in [0.25, 0.3) is 0 Å². The number of piperazine rings is 1. The van der Waals surface area contributed by atoms with Gasteiger partial charge < -0.3 is 15.1 Å². The summed E-state index contributed by atoms with van der Waals surface area (Å²) in [7, 11) is 0. The minimum Gasteiger partial charge on any atom is -0.497 e. The summed E-state index contributed by atoms with van der Waals surface area (Å²) in [6.07, 6.45) is 0.559. The number of nitro groups is 3. The number of nitro benzene ring substituents is 3. The van der Waals surface area contributed by atoms with Crippen molar-refractivity contribution in [2.24, 2.45) is 0 Å². The highest BCUT2D eigenvalue weighted by Crippen LogP contribution is 2.38. The van der Waals surface area contributed by atoms with E-state index in [0.717, 1.165) is 26.2 Å². The van der Waals surface area contributed by atoms with Crippen LogP contribution in [-0.2, 0) is 4.79 Å². The predicted molar refractivity (Wildman–Crippen MR) is 103 cm³/mol. The number of aliphatic hydroxyl groups excluding tert-OH is 1. The van der Waals surface area contributed by atoms with Crippen LogP contribution < -0.4 is 0 Å². The summed E-state index contributed by atoms with van der Waals surface area (Å²) in [5.41, 5.74) is -3.00. The highest BCUT2D eigenvalue weighted by atomic mass is 16.6. The number of aromatic hydroxyl groups is 1. The first-order valence-electron chi connectivity index (χ1n) is 9.02. The van der Waals surface area contributed by atoms with E-state index in [9.17, 15) is 35.1 Å². The Morgan fingerprint density at radius 3 is 1.90 bits per heavy atom. The lowest BCUT2D eigenvalue weighted by molar-refractivity contribution is -0.404. The molecule has 2 rings (SSSR count). The molecule has 0 spiro atoms. The Labute approximate surface area is 170 Å². The molecule has 14 heteroatoms. The summed E-state index contributed by atoms with van der Waals surface area (Å²) in [6, 6.07) is 0.795. The fraction of sp³-hybridized carbons (Fsp3) is 0.562. The molecule has 1 aromatic carbocycles. The zero-order chi connectivity index (χ0) is 23.0. The van der Waals surface area contributed by atoms with E-state index < -0.39 is 37.6 Å². The summed E-state index contributed by atoms with van der Waals surface area (Å²) in [5, 5.41) is 49.1. The van der Waals surface area contributed by atoms with Crippen LogP contribution in [0.3, 0.4) is 0 Å².